The summed E-state index contributed by atoms with van der Waals surface area (Å²) >= 11 is 0. The van der Waals surface area contributed by atoms with Gasteiger partial charge < -0.3 is 30.3 Å². The number of amides is 1. The molecule has 1 saturated heterocycles. The van der Waals surface area contributed by atoms with E-state index in [0.717, 1.165) is 63.0 Å². The van der Waals surface area contributed by atoms with Crippen molar-refractivity contribution in [1.82, 2.24) is 14.9 Å². The van der Waals surface area contributed by atoms with Crippen LogP contribution in [0.3, 0.4) is 0 Å². The number of aliphatic hydroxyl groups excluding tert-OH is 1. The van der Waals surface area contributed by atoms with Crippen LogP contribution in [-0.4, -0.2) is 75.8 Å². The fourth-order valence-corrected chi connectivity index (χ4v) is 5.00. The summed E-state index contributed by atoms with van der Waals surface area (Å²) in [5.41, 5.74) is 1.72. The van der Waals surface area contributed by atoms with E-state index in [2.05, 4.69) is 27.4 Å². The monoisotopic (exact) mass is 552 g/mol. The van der Waals surface area contributed by atoms with Crippen molar-refractivity contribution >= 4 is 34.9 Å². The Bertz CT molecular complexity index is 1130. The molecule has 3 N–H and O–H groups in total. The molecule has 0 unspecified atom stereocenters. The molecule has 1 amide bonds. The number of unbranched alkanes of at least 4 members (excludes halogenated alkanes) is 1. The Morgan fingerprint density at radius 1 is 1.05 bits per heavy atom. The largest absolute Gasteiger partial charge is 0.444 e. The number of hydrogen-bond acceptors (Lipinski definition) is 9. The second kappa shape index (κ2) is 13.3. The third-order valence-corrected chi connectivity index (χ3v) is 7.27. The van der Waals surface area contributed by atoms with Crippen molar-refractivity contribution in [2.45, 2.75) is 90.4 Å². The van der Waals surface area contributed by atoms with Gasteiger partial charge in [-0.3, -0.25) is 4.79 Å². The van der Waals surface area contributed by atoms with Gasteiger partial charge in [0.2, 0.25) is 0 Å². The fourth-order valence-electron chi connectivity index (χ4n) is 5.00. The average Bonchev–Trinajstić information content (AvgIpc) is 2.93. The number of ether oxygens (including phenoxy) is 1. The minimum absolute atomic E-state index is 0.0244. The number of nitrogens with one attached hydrogen (secondary N) is 2. The van der Waals surface area contributed by atoms with Crippen LogP contribution >= 0.6 is 0 Å². The molecule has 0 radical (unpaired) electrons. The smallest absolute Gasteiger partial charge is 0.410 e. The summed E-state index contributed by atoms with van der Waals surface area (Å²) in [5, 5.41) is 16.6. The summed E-state index contributed by atoms with van der Waals surface area (Å²) in [4.78, 5) is 38.6. The zero-order valence-electron chi connectivity index (χ0n) is 24.3. The van der Waals surface area contributed by atoms with E-state index < -0.39 is 5.60 Å². The molecule has 40 heavy (non-hydrogen) atoms. The first kappa shape index (κ1) is 29.6. The Hall–Kier alpha value is -3.40. The third-order valence-electron chi connectivity index (χ3n) is 7.27. The number of aromatic nitrogens is 2. The number of piperazine rings is 1. The Labute approximate surface area is 237 Å². The van der Waals surface area contributed by atoms with Crippen LogP contribution in [0.5, 0.6) is 0 Å². The van der Waals surface area contributed by atoms with E-state index in [1.807, 2.05) is 45.0 Å². The number of hydrogen-bond donors (Lipinski definition) is 3. The molecule has 2 aromatic rings. The number of anilines is 4. The first-order chi connectivity index (χ1) is 19.1. The molecular weight excluding hydrogens is 508 g/mol. The number of ketones is 1. The van der Waals surface area contributed by atoms with Crippen molar-refractivity contribution in [1.29, 1.82) is 0 Å². The van der Waals surface area contributed by atoms with Crippen LogP contribution in [0.1, 0.15) is 83.1 Å². The molecule has 0 spiro atoms. The SMILES string of the molecule is CCCCC(=O)c1ncc(N[C@H]2CC[C@H](O)CC2)nc1Nc1ccc(N2CCN(C(=O)OC(C)(C)C)CC2)cc1. The lowest BCUT2D eigenvalue weighted by molar-refractivity contribution is 0.0240. The van der Waals surface area contributed by atoms with Crippen LogP contribution in [0, 0.1) is 0 Å². The average molecular weight is 553 g/mol. The Morgan fingerprint density at radius 3 is 2.35 bits per heavy atom. The van der Waals surface area contributed by atoms with Gasteiger partial charge >= 0.3 is 6.09 Å². The highest BCUT2D eigenvalue weighted by Crippen LogP contribution is 2.26. The van der Waals surface area contributed by atoms with E-state index in [-0.39, 0.29) is 24.0 Å². The van der Waals surface area contributed by atoms with E-state index in [0.29, 0.717) is 36.8 Å². The Balaban J connectivity index is 1.42. The minimum Gasteiger partial charge on any atom is -0.444 e. The van der Waals surface area contributed by atoms with Gasteiger partial charge in [0, 0.05) is 50.0 Å². The highest BCUT2D eigenvalue weighted by atomic mass is 16.6. The zero-order valence-corrected chi connectivity index (χ0v) is 24.3. The molecule has 1 aliphatic heterocycles. The summed E-state index contributed by atoms with van der Waals surface area (Å²) in [6.07, 6.45) is 6.59. The zero-order chi connectivity index (χ0) is 28.7. The van der Waals surface area contributed by atoms with Crippen molar-refractivity contribution in [3.63, 3.8) is 0 Å². The van der Waals surface area contributed by atoms with Gasteiger partial charge in [-0.05, 0) is 77.1 Å². The van der Waals surface area contributed by atoms with Gasteiger partial charge in [-0.2, -0.15) is 0 Å². The normalized spacial score (nSPS) is 19.7. The molecule has 0 atom stereocenters. The first-order valence-electron chi connectivity index (χ1n) is 14.6. The number of nitrogens with zero attached hydrogens (tertiary/aromatic N) is 4. The van der Waals surface area contributed by atoms with Gasteiger partial charge in [-0.1, -0.05) is 13.3 Å². The topological polar surface area (TPSA) is 120 Å². The predicted octanol–water partition coefficient (Wildman–Crippen LogP) is 5.37. The molecule has 1 aromatic heterocycles. The second-order valence-corrected chi connectivity index (χ2v) is 11.8. The minimum atomic E-state index is -0.503. The Kier molecular flexibility index (Phi) is 9.84. The highest BCUT2D eigenvalue weighted by Gasteiger charge is 2.26. The maximum absolute atomic E-state index is 12.9. The maximum atomic E-state index is 12.9. The van der Waals surface area contributed by atoms with Crippen LogP contribution in [0.2, 0.25) is 0 Å². The molecule has 2 aliphatic rings. The summed E-state index contributed by atoms with van der Waals surface area (Å²) in [7, 11) is 0. The van der Waals surface area contributed by atoms with Crippen LogP contribution in [-0.2, 0) is 4.74 Å². The molecule has 4 rings (SSSR count). The summed E-state index contributed by atoms with van der Waals surface area (Å²) in [5.74, 6) is 1.04. The van der Waals surface area contributed by atoms with E-state index in [1.54, 1.807) is 11.1 Å². The molecular formula is C30H44N6O4. The summed E-state index contributed by atoms with van der Waals surface area (Å²) in [6, 6.07) is 8.24. The van der Waals surface area contributed by atoms with Gasteiger partial charge in [0.15, 0.2) is 11.6 Å². The number of benzene rings is 1. The molecule has 1 aromatic carbocycles. The molecule has 1 saturated carbocycles. The van der Waals surface area contributed by atoms with Crippen molar-refractivity contribution in [2.75, 3.05) is 41.7 Å². The van der Waals surface area contributed by atoms with Crippen molar-refractivity contribution < 1.29 is 19.4 Å². The maximum Gasteiger partial charge on any atom is 0.410 e. The quantitative estimate of drug-likeness (QED) is 0.353. The first-order valence-corrected chi connectivity index (χ1v) is 14.6. The van der Waals surface area contributed by atoms with Crippen molar-refractivity contribution in [2.24, 2.45) is 0 Å². The van der Waals surface area contributed by atoms with E-state index in [1.165, 1.54) is 0 Å². The molecule has 218 valence electrons. The fraction of sp³-hybridized carbons (Fsp3) is 0.600. The van der Waals surface area contributed by atoms with Gasteiger partial charge in [0.05, 0.1) is 12.3 Å². The van der Waals surface area contributed by atoms with Crippen LogP contribution in [0.4, 0.5) is 27.8 Å². The van der Waals surface area contributed by atoms with Crippen LogP contribution < -0.4 is 15.5 Å². The van der Waals surface area contributed by atoms with E-state index in [9.17, 15) is 14.7 Å². The number of carbonyl (C=O) groups is 2. The van der Waals surface area contributed by atoms with Crippen LogP contribution in [0.25, 0.3) is 0 Å². The summed E-state index contributed by atoms with van der Waals surface area (Å²) in [6.45, 7) is 10.3. The molecule has 10 nitrogen and oxygen atoms in total. The lowest BCUT2D eigenvalue weighted by Gasteiger charge is -2.36. The lowest BCUT2D eigenvalue weighted by atomic mass is 9.93. The van der Waals surface area contributed by atoms with Gasteiger partial charge in [-0.25, -0.2) is 14.8 Å². The molecule has 2 fully saturated rings. The second-order valence-electron chi connectivity index (χ2n) is 11.8. The molecule has 0 bridgehead atoms. The van der Waals surface area contributed by atoms with Crippen molar-refractivity contribution in [3.05, 3.63) is 36.2 Å². The number of Topliss-reactive ketones (excluding diaryl/α,β-unsaturated/α-hetero) is 1. The molecule has 1 aliphatic carbocycles. The number of rotatable bonds is 9. The van der Waals surface area contributed by atoms with E-state index in [4.69, 9.17) is 9.72 Å². The van der Waals surface area contributed by atoms with Crippen LogP contribution in [0.15, 0.2) is 30.5 Å². The number of carbonyl (C=O) groups excluding carboxylic acids is 2. The third kappa shape index (κ3) is 8.30. The number of aliphatic hydroxyl groups is 1. The predicted molar refractivity (Wildman–Crippen MR) is 158 cm³/mol. The standard InChI is InChI=1S/C30H44N6O4/c1-5-6-7-25(38)27-28(34-26(20-31-27)32-21-10-14-24(37)15-11-21)33-22-8-12-23(13-9-22)35-16-18-36(19-17-35)29(39)40-30(2,3)4/h8-9,12-13,20-21,24,37H,5-7,10-11,14-19H2,1-4H3,(H2,32,33,34)/t21-,24-. The molecule has 2 heterocycles. The van der Waals surface area contributed by atoms with Gasteiger partial charge in [-0.15, -0.1) is 0 Å². The highest BCUT2D eigenvalue weighted by molar-refractivity contribution is 5.99. The van der Waals surface area contributed by atoms with Gasteiger partial charge in [0.1, 0.15) is 17.1 Å². The van der Waals surface area contributed by atoms with Crippen molar-refractivity contribution in [3.8, 4) is 0 Å². The Morgan fingerprint density at radius 2 is 1.73 bits per heavy atom. The van der Waals surface area contributed by atoms with Gasteiger partial charge in [0.25, 0.3) is 0 Å². The summed E-state index contributed by atoms with van der Waals surface area (Å²) < 4.78 is 5.50. The molecule has 10 heteroatoms. The van der Waals surface area contributed by atoms with E-state index >= 15 is 0 Å². The lowest BCUT2D eigenvalue weighted by Crippen LogP contribution is -2.50.